The minimum Gasteiger partial charge on any atom is -0.504 e. The lowest BCUT2D eigenvalue weighted by molar-refractivity contribution is 0.101. The Hall–Kier alpha value is -3.09. The van der Waals surface area contributed by atoms with E-state index < -0.39 is 5.91 Å². The van der Waals surface area contributed by atoms with Crippen LogP contribution in [0.1, 0.15) is 35.8 Å². The van der Waals surface area contributed by atoms with Gasteiger partial charge in [0.25, 0.3) is 5.91 Å². The number of aromatic nitrogens is 4. The van der Waals surface area contributed by atoms with Gasteiger partial charge in [-0.25, -0.2) is 4.68 Å². The van der Waals surface area contributed by atoms with Crippen LogP contribution in [-0.2, 0) is 0 Å². The number of rotatable bonds is 4. The molecule has 3 N–H and O–H groups in total. The van der Waals surface area contributed by atoms with Crippen molar-refractivity contribution in [3.05, 3.63) is 54.1 Å². The van der Waals surface area contributed by atoms with Crippen LogP contribution >= 0.6 is 0 Å². The maximum absolute atomic E-state index is 12.2. The quantitative estimate of drug-likeness (QED) is 0.690. The third kappa shape index (κ3) is 3.08. The fourth-order valence-corrected chi connectivity index (χ4v) is 2.19. The Labute approximate surface area is 133 Å². The molecule has 0 unspecified atom stereocenters. The molecule has 0 fully saturated rings. The predicted molar refractivity (Wildman–Crippen MR) is 85.9 cm³/mol. The largest absolute Gasteiger partial charge is 0.504 e. The van der Waals surface area contributed by atoms with Crippen LogP contribution in [0.4, 0.5) is 5.69 Å². The molecule has 1 amide bonds. The van der Waals surface area contributed by atoms with Gasteiger partial charge >= 0.3 is 0 Å². The Morgan fingerprint density at radius 1 is 1.39 bits per heavy atom. The summed E-state index contributed by atoms with van der Waals surface area (Å²) in [7, 11) is 0. The average Bonchev–Trinajstić information content (AvgIpc) is 3.17. The molecule has 0 spiro atoms. The summed E-state index contributed by atoms with van der Waals surface area (Å²) in [5, 5.41) is 23.1. The Bertz CT molecular complexity index is 821. The van der Waals surface area contributed by atoms with Gasteiger partial charge in [0, 0.05) is 6.20 Å². The van der Waals surface area contributed by atoms with Gasteiger partial charge in [-0.15, -0.1) is 0 Å². The first kappa shape index (κ1) is 14.8. The summed E-state index contributed by atoms with van der Waals surface area (Å²) in [5.41, 5.74) is 2.41. The number of nitrogens with zero attached hydrogens (tertiary/aromatic N) is 3. The number of anilines is 1. The molecule has 118 valence electrons. The van der Waals surface area contributed by atoms with E-state index in [4.69, 9.17) is 0 Å². The smallest absolute Gasteiger partial charge is 0.280 e. The molecule has 0 radical (unpaired) electrons. The number of aromatic amines is 1. The fourth-order valence-electron chi connectivity index (χ4n) is 2.19. The van der Waals surface area contributed by atoms with Crippen molar-refractivity contribution < 1.29 is 9.90 Å². The molecule has 7 heteroatoms. The van der Waals surface area contributed by atoms with E-state index in [1.54, 1.807) is 0 Å². The summed E-state index contributed by atoms with van der Waals surface area (Å²) in [4.78, 5) is 12.2. The number of nitrogens with one attached hydrogen (secondary N) is 2. The molecule has 2 heterocycles. The Morgan fingerprint density at radius 3 is 2.91 bits per heavy atom. The van der Waals surface area contributed by atoms with E-state index in [9.17, 15) is 9.90 Å². The van der Waals surface area contributed by atoms with Gasteiger partial charge in [-0.1, -0.05) is 26.0 Å². The lowest BCUT2D eigenvalue weighted by atomic mass is 10.0. The normalized spacial score (nSPS) is 10.9. The van der Waals surface area contributed by atoms with Crippen molar-refractivity contribution in [2.45, 2.75) is 19.8 Å². The predicted octanol–water partition coefficient (Wildman–Crippen LogP) is 2.68. The summed E-state index contributed by atoms with van der Waals surface area (Å²) >= 11 is 0. The molecule has 3 aromatic rings. The molecule has 3 rings (SSSR count). The van der Waals surface area contributed by atoms with Gasteiger partial charge in [-0.3, -0.25) is 9.89 Å². The number of hydrogen-bond donors (Lipinski definition) is 3. The van der Waals surface area contributed by atoms with Gasteiger partial charge in [-0.05, 0) is 23.6 Å². The number of carbonyl (C=O) groups is 1. The van der Waals surface area contributed by atoms with Gasteiger partial charge in [0.1, 0.15) is 0 Å². The van der Waals surface area contributed by atoms with Crippen molar-refractivity contribution in [2.24, 2.45) is 0 Å². The number of H-pyrrole nitrogens is 1. The molecule has 2 aromatic heterocycles. The molecule has 1 aromatic carbocycles. The monoisotopic (exact) mass is 311 g/mol. The number of amides is 1. The van der Waals surface area contributed by atoms with E-state index in [1.165, 1.54) is 23.3 Å². The SMILES string of the molecule is CC(C)c1cccc(-n2cc(O)c(C(=O)Nc3cn[nH]c3)n2)c1. The van der Waals surface area contributed by atoms with E-state index in [1.807, 2.05) is 24.3 Å². The van der Waals surface area contributed by atoms with Crippen LogP contribution in [0.15, 0.2) is 42.9 Å². The highest BCUT2D eigenvalue weighted by Gasteiger charge is 2.17. The maximum atomic E-state index is 12.2. The van der Waals surface area contributed by atoms with Crippen LogP contribution in [-0.4, -0.2) is 31.0 Å². The van der Waals surface area contributed by atoms with Gasteiger partial charge in [0.2, 0.25) is 0 Å². The molecule has 0 aliphatic heterocycles. The van der Waals surface area contributed by atoms with Crippen LogP contribution in [0.2, 0.25) is 0 Å². The first-order valence-corrected chi connectivity index (χ1v) is 7.23. The van der Waals surface area contributed by atoms with Crippen molar-refractivity contribution >= 4 is 11.6 Å². The van der Waals surface area contributed by atoms with Crippen molar-refractivity contribution in [3.8, 4) is 11.4 Å². The Balaban J connectivity index is 1.88. The van der Waals surface area contributed by atoms with Gasteiger partial charge < -0.3 is 10.4 Å². The Kier molecular flexibility index (Phi) is 3.84. The lowest BCUT2D eigenvalue weighted by Crippen LogP contribution is -2.13. The van der Waals surface area contributed by atoms with Crippen LogP contribution < -0.4 is 5.32 Å². The van der Waals surface area contributed by atoms with Crippen LogP contribution in [0.5, 0.6) is 5.75 Å². The zero-order chi connectivity index (χ0) is 16.4. The van der Waals surface area contributed by atoms with E-state index >= 15 is 0 Å². The van der Waals surface area contributed by atoms with E-state index in [-0.39, 0.29) is 11.4 Å². The molecular weight excluding hydrogens is 294 g/mol. The minimum absolute atomic E-state index is 0.0406. The average molecular weight is 311 g/mol. The van der Waals surface area contributed by atoms with Crippen molar-refractivity contribution in [1.82, 2.24) is 20.0 Å². The zero-order valence-corrected chi connectivity index (χ0v) is 12.8. The third-order valence-electron chi connectivity index (χ3n) is 3.47. The molecule has 0 aliphatic carbocycles. The highest BCUT2D eigenvalue weighted by Crippen LogP contribution is 2.22. The molecule has 0 aliphatic rings. The summed E-state index contributed by atoms with van der Waals surface area (Å²) in [6, 6.07) is 7.81. The zero-order valence-electron chi connectivity index (χ0n) is 12.8. The molecule has 0 saturated heterocycles. The van der Waals surface area contributed by atoms with Gasteiger partial charge in [-0.2, -0.15) is 10.2 Å². The maximum Gasteiger partial charge on any atom is 0.280 e. The molecule has 23 heavy (non-hydrogen) atoms. The number of benzene rings is 1. The fraction of sp³-hybridized carbons (Fsp3) is 0.188. The molecule has 0 bridgehead atoms. The van der Waals surface area contributed by atoms with Crippen molar-refractivity contribution in [3.63, 3.8) is 0 Å². The van der Waals surface area contributed by atoms with Gasteiger partial charge in [0.15, 0.2) is 11.4 Å². The van der Waals surface area contributed by atoms with Gasteiger partial charge in [0.05, 0.1) is 23.8 Å². The summed E-state index contributed by atoms with van der Waals surface area (Å²) in [6.07, 6.45) is 4.43. The number of aromatic hydroxyl groups is 1. The lowest BCUT2D eigenvalue weighted by Gasteiger charge is -2.07. The summed E-state index contributed by atoms with van der Waals surface area (Å²) in [6.45, 7) is 4.20. The second-order valence-corrected chi connectivity index (χ2v) is 5.50. The summed E-state index contributed by atoms with van der Waals surface area (Å²) in [5.74, 6) is -0.299. The molecule has 0 saturated carbocycles. The Morgan fingerprint density at radius 2 is 2.22 bits per heavy atom. The molecule has 7 nitrogen and oxygen atoms in total. The van der Waals surface area contributed by atoms with Crippen LogP contribution in [0.25, 0.3) is 5.69 Å². The first-order chi connectivity index (χ1) is 11.0. The number of hydrogen-bond acceptors (Lipinski definition) is 4. The minimum atomic E-state index is -0.498. The second-order valence-electron chi connectivity index (χ2n) is 5.50. The standard InChI is InChI=1S/C16H17N5O2/c1-10(2)11-4-3-5-13(6-11)21-9-14(22)15(20-21)16(23)19-12-7-17-18-8-12/h3-10,22H,1-2H3,(H,17,18)(H,19,23). The van der Waals surface area contributed by atoms with E-state index in [0.29, 0.717) is 11.6 Å². The third-order valence-corrected chi connectivity index (χ3v) is 3.47. The van der Waals surface area contributed by atoms with E-state index in [2.05, 4.69) is 34.5 Å². The highest BCUT2D eigenvalue weighted by molar-refractivity contribution is 6.04. The van der Waals surface area contributed by atoms with Crippen molar-refractivity contribution in [2.75, 3.05) is 5.32 Å². The van der Waals surface area contributed by atoms with Crippen molar-refractivity contribution in [1.29, 1.82) is 0 Å². The first-order valence-electron chi connectivity index (χ1n) is 7.23. The van der Waals surface area contributed by atoms with Crippen LogP contribution in [0, 0.1) is 0 Å². The topological polar surface area (TPSA) is 95.8 Å². The highest BCUT2D eigenvalue weighted by atomic mass is 16.3. The molecule has 0 atom stereocenters. The second kappa shape index (κ2) is 5.96. The number of carbonyl (C=O) groups excluding carboxylic acids is 1. The molecular formula is C16H17N5O2. The van der Waals surface area contributed by atoms with Crippen LogP contribution in [0.3, 0.4) is 0 Å². The van der Waals surface area contributed by atoms with E-state index in [0.717, 1.165) is 11.3 Å². The summed E-state index contributed by atoms with van der Waals surface area (Å²) < 4.78 is 1.49.